The van der Waals surface area contributed by atoms with Crippen molar-refractivity contribution < 1.29 is 13.3 Å². The minimum Gasteiger partial charge on any atom is -0.496 e. The van der Waals surface area contributed by atoms with Gasteiger partial charge in [-0.15, -0.1) is 13.2 Å². The van der Waals surface area contributed by atoms with Crippen LogP contribution in [0.2, 0.25) is 0 Å². The second-order valence-electron chi connectivity index (χ2n) is 6.56. The van der Waals surface area contributed by atoms with Crippen LogP contribution in [0.5, 0.6) is 5.75 Å². The van der Waals surface area contributed by atoms with Crippen molar-refractivity contribution in [3.8, 4) is 11.4 Å². The highest BCUT2D eigenvalue weighted by Gasteiger charge is 2.18. The normalized spacial score (nSPS) is 11.2. The number of rotatable bonds is 8. The second kappa shape index (κ2) is 26.4. The third-order valence-corrected chi connectivity index (χ3v) is 4.82. The summed E-state index contributed by atoms with van der Waals surface area (Å²) >= 11 is 0. The van der Waals surface area contributed by atoms with E-state index in [0.29, 0.717) is 6.54 Å². The number of allylic oxidation sites excluding steroid dienone is 2. The summed E-state index contributed by atoms with van der Waals surface area (Å²) < 4.78 is 29.5. The summed E-state index contributed by atoms with van der Waals surface area (Å²) in [7, 11) is 0.362. The van der Waals surface area contributed by atoms with Gasteiger partial charge in [-0.2, -0.15) is 0 Å². The van der Waals surface area contributed by atoms with Gasteiger partial charge in [-0.05, 0) is 61.9 Å². The molecule has 6 heteroatoms. The number of aryl methyl sites for hydroxylation is 1. The average Bonchev–Trinajstić information content (AvgIpc) is 2.85. The van der Waals surface area contributed by atoms with Crippen molar-refractivity contribution in [3.05, 3.63) is 54.1 Å². The summed E-state index contributed by atoms with van der Waals surface area (Å²) in [5.74, 6) is 1.02. The maximum Gasteiger partial charge on any atom is 0.122 e. The average molecular weight is 485 g/mol. The number of fused-ring (bicyclic) bond motifs is 1. The van der Waals surface area contributed by atoms with Crippen molar-refractivity contribution in [2.75, 3.05) is 33.4 Å². The lowest BCUT2D eigenvalue weighted by molar-refractivity contribution is 0.248. The zero-order chi connectivity index (χ0) is 26.1. The van der Waals surface area contributed by atoms with Crippen LogP contribution in [0.15, 0.2) is 37.4 Å². The summed E-state index contributed by atoms with van der Waals surface area (Å²) in [5.41, 5.74) is 9.31. The Morgan fingerprint density at radius 3 is 2.24 bits per heavy atom. The molecule has 2 rings (SSSR count). The van der Waals surface area contributed by atoms with Gasteiger partial charge in [0, 0.05) is 19.6 Å². The fourth-order valence-corrected chi connectivity index (χ4v) is 3.33. The largest absolute Gasteiger partial charge is 0.496 e. The van der Waals surface area contributed by atoms with Crippen LogP contribution in [0.1, 0.15) is 71.1 Å². The van der Waals surface area contributed by atoms with E-state index in [0.717, 1.165) is 51.1 Å². The van der Waals surface area contributed by atoms with Crippen molar-refractivity contribution in [1.82, 2.24) is 9.62 Å². The van der Waals surface area contributed by atoms with Gasteiger partial charge >= 0.3 is 0 Å². The molecule has 0 amide bonds. The molecule has 1 aromatic rings. The van der Waals surface area contributed by atoms with Crippen LogP contribution in [0.25, 0.3) is 0 Å². The summed E-state index contributed by atoms with van der Waals surface area (Å²) in [4.78, 5) is 2.49. The molecule has 0 unspecified atom stereocenters. The van der Waals surface area contributed by atoms with Gasteiger partial charge in [0.15, 0.2) is 0 Å². The molecule has 1 aliphatic heterocycles. The number of ether oxygens (including phenoxy) is 1. The molecule has 1 heterocycles. The number of nitrogens with one attached hydrogen (secondary N) is 1. The molecule has 0 fully saturated rings. The van der Waals surface area contributed by atoms with Gasteiger partial charge in [0.25, 0.3) is 0 Å². The maximum atomic E-state index is 10.7. The van der Waals surface area contributed by atoms with Crippen LogP contribution in [0.3, 0.4) is 0 Å². The fourth-order valence-electron chi connectivity index (χ4n) is 2.99. The van der Waals surface area contributed by atoms with Gasteiger partial charge in [-0.3, -0.25) is 4.90 Å². The molecule has 4 nitrogen and oxygen atoms in total. The number of methoxy groups -OCH3 is 1. The number of hydrogen-bond donors (Lipinski definition) is 1. The molecule has 0 saturated heterocycles. The lowest BCUT2D eigenvalue weighted by Gasteiger charge is -2.29. The van der Waals surface area contributed by atoms with Crippen molar-refractivity contribution in [1.29, 1.82) is 0 Å². The van der Waals surface area contributed by atoms with Crippen molar-refractivity contribution in [3.63, 3.8) is 0 Å². The van der Waals surface area contributed by atoms with E-state index in [4.69, 9.17) is 10.4 Å². The van der Waals surface area contributed by atoms with Crippen molar-refractivity contribution in [2.24, 2.45) is 0 Å². The SMILES string of the molecule is C#S(=O)NCCCCN1CCc2cc(OC)c(CC)cc2C1.C=CC.C=CCF.CC.CC. The number of unbranched alkanes of at least 4 members (excludes halogenated alkanes) is 1. The topological polar surface area (TPSA) is 41.6 Å². The van der Waals surface area contributed by atoms with E-state index >= 15 is 0 Å². The number of alkyl halides is 1. The first-order valence-corrected chi connectivity index (χ1v) is 13.2. The minimum atomic E-state index is -1.39. The molecule has 0 bridgehead atoms. The molecule has 0 aliphatic carbocycles. The van der Waals surface area contributed by atoms with E-state index in [1.807, 2.05) is 34.6 Å². The molecular formula is C27H49FN2O2S. The Kier molecular flexibility index (Phi) is 28.6. The molecule has 1 N–H and O–H groups in total. The first-order valence-electron chi connectivity index (χ1n) is 12.0. The van der Waals surface area contributed by atoms with Gasteiger partial charge in [0.1, 0.15) is 12.4 Å². The Labute approximate surface area is 206 Å². The third-order valence-electron chi connectivity index (χ3n) is 4.33. The molecule has 0 radical (unpaired) electrons. The van der Waals surface area contributed by atoms with Crippen LogP contribution in [-0.2, 0) is 29.8 Å². The molecular weight excluding hydrogens is 435 g/mol. The first-order chi connectivity index (χ1) is 16.0. The van der Waals surface area contributed by atoms with Crippen LogP contribution in [0, 0.1) is 5.69 Å². The zero-order valence-electron chi connectivity index (χ0n) is 22.2. The Bertz CT molecular complexity index is 733. The Hall–Kier alpha value is -1.85. The van der Waals surface area contributed by atoms with E-state index in [2.05, 4.69) is 41.8 Å². The van der Waals surface area contributed by atoms with Crippen LogP contribution in [0.4, 0.5) is 4.39 Å². The van der Waals surface area contributed by atoms with E-state index < -0.39 is 17.1 Å². The van der Waals surface area contributed by atoms with Gasteiger partial charge in [0.2, 0.25) is 0 Å². The minimum absolute atomic E-state index is 0.417. The highest BCUT2D eigenvalue weighted by Crippen LogP contribution is 2.28. The van der Waals surface area contributed by atoms with Crippen LogP contribution >= 0.6 is 0 Å². The Morgan fingerprint density at radius 2 is 1.79 bits per heavy atom. The first kappa shape index (κ1) is 35.7. The smallest absolute Gasteiger partial charge is 0.122 e. The number of nitrogens with zero attached hydrogens (tertiary/aromatic N) is 1. The van der Waals surface area contributed by atoms with Gasteiger partial charge in [-0.25, -0.2) is 13.3 Å². The molecule has 1 aromatic carbocycles. The highest BCUT2D eigenvalue weighted by atomic mass is 32.2. The quantitative estimate of drug-likeness (QED) is 0.333. The van der Waals surface area contributed by atoms with E-state index in [1.54, 1.807) is 13.2 Å². The summed E-state index contributed by atoms with van der Waals surface area (Å²) in [6, 6.07) is 4.52. The van der Waals surface area contributed by atoms with E-state index in [1.165, 1.54) is 22.8 Å². The molecule has 0 saturated carbocycles. The third kappa shape index (κ3) is 18.3. The van der Waals surface area contributed by atoms with E-state index in [9.17, 15) is 8.60 Å². The number of benzene rings is 1. The second-order valence-corrected chi connectivity index (χ2v) is 7.45. The summed E-state index contributed by atoms with van der Waals surface area (Å²) in [6.45, 7) is 22.0. The van der Waals surface area contributed by atoms with Gasteiger partial charge < -0.3 is 4.74 Å². The monoisotopic (exact) mass is 484 g/mol. The Balaban J connectivity index is -0.000000698. The van der Waals surface area contributed by atoms with Crippen molar-refractivity contribution >= 4 is 10.4 Å². The fraction of sp³-hybridized carbons (Fsp3) is 0.593. The lowest BCUT2D eigenvalue weighted by Crippen LogP contribution is -2.31. The predicted octanol–water partition coefficient (Wildman–Crippen LogP) is 6.62. The molecule has 0 aromatic heterocycles. The van der Waals surface area contributed by atoms with Gasteiger partial charge in [-0.1, -0.05) is 58.5 Å². The maximum absolute atomic E-state index is 10.7. The lowest BCUT2D eigenvalue weighted by atomic mass is 9.95. The number of halogens is 1. The molecule has 192 valence electrons. The summed E-state index contributed by atoms with van der Waals surface area (Å²) in [6.07, 6.45) is 7.13. The highest BCUT2D eigenvalue weighted by molar-refractivity contribution is 7.71. The Morgan fingerprint density at radius 1 is 1.21 bits per heavy atom. The zero-order valence-corrected chi connectivity index (χ0v) is 23.0. The summed E-state index contributed by atoms with van der Waals surface area (Å²) in [5, 5.41) is 0. The van der Waals surface area contributed by atoms with Crippen LogP contribution < -0.4 is 9.46 Å². The van der Waals surface area contributed by atoms with Crippen molar-refractivity contribution in [2.45, 2.75) is 73.8 Å². The predicted molar refractivity (Wildman–Crippen MR) is 146 cm³/mol. The van der Waals surface area contributed by atoms with Crippen LogP contribution in [-0.4, -0.2) is 42.5 Å². The van der Waals surface area contributed by atoms with Gasteiger partial charge in [0.05, 0.1) is 17.5 Å². The molecule has 33 heavy (non-hydrogen) atoms. The molecule has 0 spiro atoms. The number of hydrogen-bond acceptors (Lipinski definition) is 3. The molecule has 1 aliphatic rings. The standard InChI is InChI=1S/C17H26N2O2S.C3H5F.C3H6.2C2H6/c1-4-14-11-16-13-19(9-6-5-8-18-22(3)20)10-7-15(16)12-17(14)21-2;1-2-3-4;1-3-2;2*1-2/h3,11-12H,4-10,13H2,1-2H3,(H,18,20);2H,1,3H2;3H,1H2,2H3;2*1-2H3. The molecule has 0 atom stereocenters. The van der Waals surface area contributed by atoms with E-state index in [-0.39, 0.29) is 0 Å².